The van der Waals surface area contributed by atoms with Gasteiger partial charge in [0.05, 0.1) is 19.8 Å². The van der Waals surface area contributed by atoms with E-state index in [1.54, 1.807) is 0 Å². The van der Waals surface area contributed by atoms with Gasteiger partial charge < -0.3 is 24.6 Å². The van der Waals surface area contributed by atoms with E-state index in [4.69, 9.17) is 23.6 Å². The van der Waals surface area contributed by atoms with E-state index in [0.29, 0.717) is 12.8 Å². The Morgan fingerprint density at radius 2 is 0.845 bits per heavy atom. The van der Waals surface area contributed by atoms with E-state index in [2.05, 4.69) is 26.0 Å². The molecule has 3 atom stereocenters. The predicted molar refractivity (Wildman–Crippen MR) is 238 cm³/mol. The van der Waals surface area contributed by atoms with E-state index in [0.717, 1.165) is 38.5 Å². The molecule has 10 nitrogen and oxygen atoms in total. The number of aliphatic hydroxyl groups excluding tert-OH is 2. The lowest BCUT2D eigenvalue weighted by Gasteiger charge is -2.20. The molecule has 0 spiro atoms. The first-order valence-electron chi connectivity index (χ1n) is 24.1. The summed E-state index contributed by atoms with van der Waals surface area (Å²) in [6, 6.07) is 0. The predicted octanol–water partition coefficient (Wildman–Crippen LogP) is 13.2. The maximum absolute atomic E-state index is 12.6. The number of phosphoric acid groups is 1. The van der Waals surface area contributed by atoms with Gasteiger partial charge in [-0.1, -0.05) is 199 Å². The Kier molecular flexibility index (Phi) is 42.8. The van der Waals surface area contributed by atoms with Crippen LogP contribution in [0, 0.1) is 0 Å². The summed E-state index contributed by atoms with van der Waals surface area (Å²) in [7, 11) is -4.62. The van der Waals surface area contributed by atoms with Crippen LogP contribution in [0.2, 0.25) is 0 Å². The van der Waals surface area contributed by atoms with Gasteiger partial charge in [-0.15, -0.1) is 0 Å². The third kappa shape index (κ3) is 42.8. The van der Waals surface area contributed by atoms with Crippen LogP contribution in [-0.4, -0.2) is 65.7 Å². The van der Waals surface area contributed by atoms with Gasteiger partial charge in [-0.25, -0.2) is 4.57 Å². The van der Waals surface area contributed by atoms with Crippen LogP contribution in [0.4, 0.5) is 0 Å². The summed E-state index contributed by atoms with van der Waals surface area (Å²) in [5.41, 5.74) is 0. The number of allylic oxidation sites excluding steroid dienone is 2. The Balaban J connectivity index is 4.20. The maximum atomic E-state index is 12.6. The molecule has 0 amide bonds. The molecule has 0 aromatic heterocycles. The Labute approximate surface area is 356 Å². The van der Waals surface area contributed by atoms with Crippen molar-refractivity contribution in [3.8, 4) is 0 Å². The van der Waals surface area contributed by atoms with Crippen LogP contribution in [0.15, 0.2) is 12.2 Å². The number of carbonyl (C=O) groups is 2. The molecule has 0 aliphatic rings. The third-order valence-electron chi connectivity index (χ3n) is 10.7. The van der Waals surface area contributed by atoms with Crippen molar-refractivity contribution in [1.82, 2.24) is 0 Å². The topological polar surface area (TPSA) is 149 Å². The van der Waals surface area contributed by atoms with Gasteiger partial charge in [0.25, 0.3) is 0 Å². The van der Waals surface area contributed by atoms with Crippen molar-refractivity contribution in [2.45, 2.75) is 251 Å². The van der Waals surface area contributed by atoms with Crippen LogP contribution in [0.25, 0.3) is 0 Å². The summed E-state index contributed by atoms with van der Waals surface area (Å²) in [5, 5.41) is 18.4. The van der Waals surface area contributed by atoms with Gasteiger partial charge in [-0.05, 0) is 38.5 Å². The van der Waals surface area contributed by atoms with Gasteiger partial charge in [0, 0.05) is 12.8 Å². The zero-order valence-corrected chi connectivity index (χ0v) is 38.4. The largest absolute Gasteiger partial charge is 0.472 e. The summed E-state index contributed by atoms with van der Waals surface area (Å²) in [6.07, 6.45) is 43.3. The number of hydrogen-bond acceptors (Lipinski definition) is 9. The summed E-state index contributed by atoms with van der Waals surface area (Å²) in [5.74, 6) is -0.936. The first-order chi connectivity index (χ1) is 28.2. The highest BCUT2D eigenvalue weighted by molar-refractivity contribution is 7.47. The Hall–Kier alpha value is -1.29. The molecule has 0 heterocycles. The molecule has 0 aromatic carbocycles. The molecule has 0 fully saturated rings. The summed E-state index contributed by atoms with van der Waals surface area (Å²) >= 11 is 0. The molecule has 0 radical (unpaired) electrons. The number of unbranched alkanes of at least 4 members (excludes halogenated alkanes) is 30. The summed E-state index contributed by atoms with van der Waals surface area (Å²) in [4.78, 5) is 35.1. The van der Waals surface area contributed by atoms with E-state index in [1.165, 1.54) is 161 Å². The average molecular weight is 847 g/mol. The maximum Gasteiger partial charge on any atom is 0.472 e. The molecular weight excluding hydrogens is 755 g/mol. The molecule has 11 heteroatoms. The zero-order chi connectivity index (χ0) is 42.6. The number of carbonyl (C=O) groups excluding carboxylic acids is 2. The van der Waals surface area contributed by atoms with Gasteiger partial charge in [0.15, 0.2) is 6.10 Å². The molecule has 0 aliphatic heterocycles. The van der Waals surface area contributed by atoms with E-state index >= 15 is 0 Å². The summed E-state index contributed by atoms with van der Waals surface area (Å²) in [6.45, 7) is 2.40. The molecular formula is C47H91O10P. The normalized spacial score (nSPS) is 13.8. The Morgan fingerprint density at radius 3 is 1.28 bits per heavy atom. The highest BCUT2D eigenvalue weighted by Crippen LogP contribution is 2.43. The van der Waals surface area contributed by atoms with Gasteiger partial charge in [0.2, 0.25) is 0 Å². The average Bonchev–Trinajstić information content (AvgIpc) is 3.21. The van der Waals surface area contributed by atoms with Crippen molar-refractivity contribution in [2.24, 2.45) is 0 Å². The van der Waals surface area contributed by atoms with Crippen LogP contribution in [0.5, 0.6) is 0 Å². The van der Waals surface area contributed by atoms with Crippen molar-refractivity contribution in [1.29, 1.82) is 0 Å². The first-order valence-corrected chi connectivity index (χ1v) is 25.6. The lowest BCUT2D eigenvalue weighted by Crippen LogP contribution is -2.29. The van der Waals surface area contributed by atoms with Gasteiger partial charge in [0.1, 0.15) is 12.7 Å². The quantitative estimate of drug-likeness (QED) is 0.0234. The highest BCUT2D eigenvalue weighted by Gasteiger charge is 2.27. The molecule has 3 N–H and O–H groups in total. The zero-order valence-electron chi connectivity index (χ0n) is 37.5. The number of phosphoric ester groups is 1. The number of rotatable bonds is 46. The number of ether oxygens (including phenoxy) is 2. The van der Waals surface area contributed by atoms with Crippen molar-refractivity contribution in [2.75, 3.05) is 26.4 Å². The first kappa shape index (κ1) is 56.7. The lowest BCUT2D eigenvalue weighted by atomic mass is 10.0. The molecule has 344 valence electrons. The van der Waals surface area contributed by atoms with Crippen LogP contribution in [0.3, 0.4) is 0 Å². The minimum Gasteiger partial charge on any atom is -0.462 e. The van der Waals surface area contributed by atoms with Crippen molar-refractivity contribution in [3.05, 3.63) is 12.2 Å². The van der Waals surface area contributed by atoms with E-state index in [1.807, 2.05) is 0 Å². The minimum absolute atomic E-state index is 0.187. The third-order valence-corrected chi connectivity index (χ3v) is 11.6. The van der Waals surface area contributed by atoms with E-state index < -0.39 is 51.8 Å². The summed E-state index contributed by atoms with van der Waals surface area (Å²) < 4.78 is 32.8. The van der Waals surface area contributed by atoms with Crippen LogP contribution >= 0.6 is 7.82 Å². The Morgan fingerprint density at radius 1 is 0.500 bits per heavy atom. The van der Waals surface area contributed by atoms with E-state index in [9.17, 15) is 24.2 Å². The van der Waals surface area contributed by atoms with Crippen LogP contribution in [0.1, 0.15) is 239 Å². The SMILES string of the molecule is CCCCCCCCCCC/C=C/CCCCC(=O)OC[C@H](COP(=O)(O)OC[C@@H](O)CO)OC(=O)CCCCCCCCCCCCCCCCCCCCCC. The lowest BCUT2D eigenvalue weighted by molar-refractivity contribution is -0.161. The van der Waals surface area contributed by atoms with Gasteiger partial charge in [-0.3, -0.25) is 18.6 Å². The fraction of sp³-hybridized carbons (Fsp3) is 0.915. The molecule has 0 rings (SSSR count). The van der Waals surface area contributed by atoms with Crippen molar-refractivity contribution >= 4 is 19.8 Å². The monoisotopic (exact) mass is 847 g/mol. The molecule has 58 heavy (non-hydrogen) atoms. The van der Waals surface area contributed by atoms with E-state index in [-0.39, 0.29) is 19.4 Å². The van der Waals surface area contributed by atoms with Crippen LogP contribution < -0.4 is 0 Å². The molecule has 0 saturated heterocycles. The van der Waals surface area contributed by atoms with Crippen molar-refractivity contribution in [3.63, 3.8) is 0 Å². The fourth-order valence-electron chi connectivity index (χ4n) is 6.93. The standard InChI is InChI=1S/C47H91O10P/c1-3-5-7-9-11-13-15-17-19-20-21-22-23-25-27-29-31-33-35-37-39-47(51)57-45(43-56-58(52,53)55-41-44(49)40-48)42-54-46(50)38-36-34-32-30-28-26-24-18-16-14-12-10-8-6-4-2/h28,30,44-45,48-49H,3-27,29,31-43H2,1-2H3,(H,52,53)/b30-28+/t44-,45+/m0/s1. The second-order valence-corrected chi connectivity index (χ2v) is 17.9. The molecule has 0 saturated carbocycles. The fourth-order valence-corrected chi connectivity index (χ4v) is 7.72. The molecule has 0 aromatic rings. The van der Waals surface area contributed by atoms with Gasteiger partial charge in [-0.2, -0.15) is 0 Å². The number of aliphatic hydroxyl groups is 2. The second kappa shape index (κ2) is 43.8. The molecule has 1 unspecified atom stereocenters. The molecule has 0 aliphatic carbocycles. The van der Waals surface area contributed by atoms with Crippen LogP contribution in [-0.2, 0) is 32.7 Å². The second-order valence-electron chi connectivity index (χ2n) is 16.5. The smallest absolute Gasteiger partial charge is 0.462 e. The molecule has 0 bridgehead atoms. The number of hydrogen-bond donors (Lipinski definition) is 3. The van der Waals surface area contributed by atoms with Crippen molar-refractivity contribution < 1.29 is 47.8 Å². The van der Waals surface area contributed by atoms with Gasteiger partial charge >= 0.3 is 19.8 Å². The number of esters is 2. The minimum atomic E-state index is -4.62. The highest BCUT2D eigenvalue weighted by atomic mass is 31.2. The Bertz CT molecular complexity index is 977.